The van der Waals surface area contributed by atoms with Crippen LogP contribution in [0.4, 0.5) is 0 Å². The number of hydrogen-bond acceptors (Lipinski definition) is 3. The Kier molecular flexibility index (Phi) is 3.71. The van der Waals surface area contributed by atoms with E-state index < -0.39 is 17.8 Å². The van der Waals surface area contributed by atoms with E-state index in [2.05, 4.69) is 0 Å². The number of aliphatic hydroxyl groups is 3. The minimum absolute atomic E-state index is 0.310. The molecular formula is C10H20O3. The van der Waals surface area contributed by atoms with E-state index in [-0.39, 0.29) is 0 Å². The molecule has 1 saturated carbocycles. The van der Waals surface area contributed by atoms with Gasteiger partial charge >= 0.3 is 0 Å². The summed E-state index contributed by atoms with van der Waals surface area (Å²) in [4.78, 5) is 0. The Bertz CT molecular complexity index is 150. The van der Waals surface area contributed by atoms with Gasteiger partial charge in [0.2, 0.25) is 0 Å². The Morgan fingerprint density at radius 1 is 1.15 bits per heavy atom. The molecule has 1 aliphatic carbocycles. The fraction of sp³-hybridized carbons (Fsp3) is 1.00. The van der Waals surface area contributed by atoms with Crippen LogP contribution in [0, 0.1) is 0 Å². The zero-order valence-electron chi connectivity index (χ0n) is 8.24. The first-order valence-corrected chi connectivity index (χ1v) is 5.12. The highest BCUT2D eigenvalue weighted by Gasteiger charge is 2.32. The zero-order chi connectivity index (χ0) is 9.90. The van der Waals surface area contributed by atoms with Gasteiger partial charge in [-0.25, -0.2) is 0 Å². The Balaban J connectivity index is 2.40. The van der Waals surface area contributed by atoms with E-state index in [1.165, 1.54) is 6.42 Å². The van der Waals surface area contributed by atoms with E-state index in [0.29, 0.717) is 6.42 Å². The van der Waals surface area contributed by atoms with E-state index in [1.807, 2.05) is 0 Å². The fourth-order valence-electron chi connectivity index (χ4n) is 1.97. The molecule has 0 heterocycles. The first-order valence-electron chi connectivity index (χ1n) is 5.12. The van der Waals surface area contributed by atoms with Crippen molar-refractivity contribution in [3.05, 3.63) is 0 Å². The molecule has 3 N–H and O–H groups in total. The molecule has 0 aromatic rings. The van der Waals surface area contributed by atoms with Crippen LogP contribution in [0.3, 0.4) is 0 Å². The highest BCUT2D eigenvalue weighted by molar-refractivity contribution is 4.85. The third-order valence-electron chi connectivity index (χ3n) is 2.93. The molecule has 0 saturated heterocycles. The molecule has 0 amide bonds. The SMILES string of the molecule is CC(O)C(O)CC1(O)CCCCC1. The highest BCUT2D eigenvalue weighted by atomic mass is 16.3. The molecule has 1 aliphatic rings. The standard InChI is InChI=1S/C10H20O3/c1-8(11)9(12)7-10(13)5-3-2-4-6-10/h8-9,11-13H,2-7H2,1H3. The summed E-state index contributed by atoms with van der Waals surface area (Å²) in [6, 6.07) is 0. The van der Waals surface area contributed by atoms with Crippen molar-refractivity contribution in [3.63, 3.8) is 0 Å². The summed E-state index contributed by atoms with van der Waals surface area (Å²) in [5.41, 5.74) is -0.728. The molecule has 1 rings (SSSR count). The number of hydrogen-bond donors (Lipinski definition) is 3. The summed E-state index contributed by atoms with van der Waals surface area (Å²) in [6.45, 7) is 1.55. The van der Waals surface area contributed by atoms with Gasteiger partial charge in [-0.05, 0) is 19.8 Å². The molecule has 0 aromatic carbocycles. The first-order chi connectivity index (χ1) is 6.03. The second-order valence-corrected chi connectivity index (χ2v) is 4.30. The molecule has 0 aromatic heterocycles. The third kappa shape index (κ3) is 3.25. The minimum atomic E-state index is -0.789. The van der Waals surface area contributed by atoms with E-state index in [4.69, 9.17) is 5.11 Å². The van der Waals surface area contributed by atoms with Crippen LogP contribution in [-0.4, -0.2) is 33.1 Å². The van der Waals surface area contributed by atoms with Gasteiger partial charge in [0.05, 0.1) is 17.8 Å². The molecule has 3 nitrogen and oxygen atoms in total. The summed E-state index contributed by atoms with van der Waals surface area (Å²) in [5.74, 6) is 0. The van der Waals surface area contributed by atoms with Crippen molar-refractivity contribution in [2.45, 2.75) is 63.3 Å². The van der Waals surface area contributed by atoms with E-state index >= 15 is 0 Å². The smallest absolute Gasteiger partial charge is 0.0823 e. The maximum absolute atomic E-state index is 10.0. The zero-order valence-corrected chi connectivity index (χ0v) is 8.24. The summed E-state index contributed by atoms with van der Waals surface area (Å²) >= 11 is 0. The fourth-order valence-corrected chi connectivity index (χ4v) is 1.97. The molecule has 0 radical (unpaired) electrons. The molecule has 0 spiro atoms. The first kappa shape index (κ1) is 11.0. The largest absolute Gasteiger partial charge is 0.391 e. The van der Waals surface area contributed by atoms with Crippen LogP contribution in [0.15, 0.2) is 0 Å². The van der Waals surface area contributed by atoms with Crippen LogP contribution >= 0.6 is 0 Å². The van der Waals surface area contributed by atoms with Crippen LogP contribution < -0.4 is 0 Å². The highest BCUT2D eigenvalue weighted by Crippen LogP contribution is 2.32. The molecule has 13 heavy (non-hydrogen) atoms. The maximum Gasteiger partial charge on any atom is 0.0823 e. The van der Waals surface area contributed by atoms with Crippen molar-refractivity contribution in [2.75, 3.05) is 0 Å². The number of rotatable bonds is 3. The lowest BCUT2D eigenvalue weighted by atomic mass is 9.80. The topological polar surface area (TPSA) is 60.7 Å². The molecule has 1 fully saturated rings. The van der Waals surface area contributed by atoms with Gasteiger partial charge in [0.25, 0.3) is 0 Å². The van der Waals surface area contributed by atoms with E-state index in [1.54, 1.807) is 6.92 Å². The number of aliphatic hydroxyl groups excluding tert-OH is 2. The Hall–Kier alpha value is -0.120. The van der Waals surface area contributed by atoms with Gasteiger partial charge in [-0.1, -0.05) is 19.3 Å². The summed E-state index contributed by atoms with van der Waals surface area (Å²) in [7, 11) is 0. The van der Waals surface area contributed by atoms with Gasteiger partial charge < -0.3 is 15.3 Å². The lowest BCUT2D eigenvalue weighted by molar-refractivity contribution is -0.0668. The second-order valence-electron chi connectivity index (χ2n) is 4.30. The van der Waals surface area contributed by atoms with Gasteiger partial charge in [-0.15, -0.1) is 0 Å². The Morgan fingerprint density at radius 3 is 2.15 bits per heavy atom. The molecule has 0 aliphatic heterocycles. The average molecular weight is 188 g/mol. The van der Waals surface area contributed by atoms with Crippen molar-refractivity contribution >= 4 is 0 Å². The van der Waals surface area contributed by atoms with Crippen molar-refractivity contribution in [3.8, 4) is 0 Å². The van der Waals surface area contributed by atoms with Crippen LogP contribution in [0.5, 0.6) is 0 Å². The molecule has 0 bridgehead atoms. The molecule has 78 valence electrons. The lowest BCUT2D eigenvalue weighted by Crippen LogP contribution is -2.38. The summed E-state index contributed by atoms with van der Waals surface area (Å²) < 4.78 is 0. The van der Waals surface area contributed by atoms with Gasteiger partial charge in [0.15, 0.2) is 0 Å². The lowest BCUT2D eigenvalue weighted by Gasteiger charge is -2.34. The normalized spacial score (nSPS) is 26.8. The third-order valence-corrected chi connectivity index (χ3v) is 2.93. The monoisotopic (exact) mass is 188 g/mol. The van der Waals surface area contributed by atoms with E-state index in [9.17, 15) is 10.2 Å². The minimum Gasteiger partial charge on any atom is -0.391 e. The predicted octanol–water partition coefficient (Wildman–Crippen LogP) is 0.813. The molecule has 3 heteroatoms. The second kappa shape index (κ2) is 4.40. The van der Waals surface area contributed by atoms with Gasteiger partial charge in [0, 0.05) is 6.42 Å². The van der Waals surface area contributed by atoms with Crippen molar-refractivity contribution in [1.29, 1.82) is 0 Å². The van der Waals surface area contributed by atoms with Crippen molar-refractivity contribution < 1.29 is 15.3 Å². The molecule has 2 unspecified atom stereocenters. The Labute approximate surface area is 79.4 Å². The summed E-state index contributed by atoms with van der Waals surface area (Å²) in [5, 5.41) is 28.6. The van der Waals surface area contributed by atoms with Crippen LogP contribution in [-0.2, 0) is 0 Å². The van der Waals surface area contributed by atoms with Crippen molar-refractivity contribution in [2.24, 2.45) is 0 Å². The van der Waals surface area contributed by atoms with Gasteiger partial charge in [-0.2, -0.15) is 0 Å². The van der Waals surface area contributed by atoms with E-state index in [0.717, 1.165) is 25.7 Å². The molecule has 2 atom stereocenters. The predicted molar refractivity (Wildman–Crippen MR) is 50.3 cm³/mol. The van der Waals surface area contributed by atoms with Crippen LogP contribution in [0.2, 0.25) is 0 Å². The average Bonchev–Trinajstić information content (AvgIpc) is 2.04. The maximum atomic E-state index is 10.0. The van der Waals surface area contributed by atoms with Gasteiger partial charge in [0.1, 0.15) is 0 Å². The molecular weight excluding hydrogens is 168 g/mol. The quantitative estimate of drug-likeness (QED) is 0.614. The Morgan fingerprint density at radius 2 is 1.69 bits per heavy atom. The van der Waals surface area contributed by atoms with Crippen molar-refractivity contribution in [1.82, 2.24) is 0 Å². The van der Waals surface area contributed by atoms with Crippen LogP contribution in [0.1, 0.15) is 45.4 Å². The van der Waals surface area contributed by atoms with Gasteiger partial charge in [-0.3, -0.25) is 0 Å². The summed E-state index contributed by atoms with van der Waals surface area (Å²) in [6.07, 6.45) is 3.53. The van der Waals surface area contributed by atoms with Crippen LogP contribution in [0.25, 0.3) is 0 Å².